The van der Waals surface area contributed by atoms with Gasteiger partial charge in [0.1, 0.15) is 0 Å². The molecule has 128 valence electrons. The van der Waals surface area contributed by atoms with Crippen LogP contribution in [-0.4, -0.2) is 70.2 Å². The molecule has 0 spiro atoms. The van der Waals surface area contributed by atoms with Crippen molar-refractivity contribution in [1.82, 2.24) is 14.8 Å². The number of β-amino-alcohol motifs (C(OH)–C–C–N with tert-alkyl or cyclic N) is 1. The zero-order valence-electron chi connectivity index (χ0n) is 14.4. The minimum absolute atomic E-state index is 0.00926. The molecule has 0 aliphatic carbocycles. The van der Waals surface area contributed by atoms with Gasteiger partial charge in [-0.3, -0.25) is 9.69 Å². The third-order valence-corrected chi connectivity index (χ3v) is 4.08. The van der Waals surface area contributed by atoms with Gasteiger partial charge in [0.05, 0.1) is 12.7 Å². The van der Waals surface area contributed by atoms with Gasteiger partial charge in [-0.05, 0) is 39.8 Å². The van der Waals surface area contributed by atoms with Gasteiger partial charge in [0.15, 0.2) is 11.4 Å². The summed E-state index contributed by atoms with van der Waals surface area (Å²) in [5, 5.41) is 9.18. The fraction of sp³-hybridized carbons (Fsp3) is 0.647. The van der Waals surface area contributed by atoms with Gasteiger partial charge in [0.25, 0.3) is 5.91 Å². The molecule has 0 radical (unpaired) electrons. The van der Waals surface area contributed by atoms with E-state index in [1.54, 1.807) is 18.3 Å². The summed E-state index contributed by atoms with van der Waals surface area (Å²) in [6.07, 6.45) is 1.61. The molecule has 1 aliphatic rings. The van der Waals surface area contributed by atoms with Crippen LogP contribution in [0.25, 0.3) is 0 Å². The van der Waals surface area contributed by atoms with Crippen molar-refractivity contribution in [3.8, 4) is 5.75 Å². The van der Waals surface area contributed by atoms with Crippen molar-refractivity contribution in [2.45, 2.75) is 45.9 Å². The van der Waals surface area contributed by atoms with Crippen molar-refractivity contribution < 1.29 is 14.6 Å². The Morgan fingerprint density at radius 1 is 1.39 bits per heavy atom. The molecule has 1 N–H and O–H groups in total. The van der Waals surface area contributed by atoms with E-state index in [2.05, 4.69) is 23.7 Å². The maximum absolute atomic E-state index is 12.9. The van der Waals surface area contributed by atoms with E-state index in [-0.39, 0.29) is 30.7 Å². The van der Waals surface area contributed by atoms with Gasteiger partial charge in [0.2, 0.25) is 0 Å². The molecule has 2 heterocycles. The lowest BCUT2D eigenvalue weighted by molar-refractivity contribution is 0.0230. The van der Waals surface area contributed by atoms with E-state index >= 15 is 0 Å². The second kappa shape index (κ2) is 7.75. The SMILES string of the molecule is CC(C)Oc1cccnc1C(=O)N1C[C@@H](C)N(CCO)[C@@H](C)C1. The number of amides is 1. The monoisotopic (exact) mass is 321 g/mol. The van der Waals surface area contributed by atoms with E-state index in [1.165, 1.54) is 0 Å². The molecular formula is C17H27N3O3. The lowest BCUT2D eigenvalue weighted by Crippen LogP contribution is -2.58. The molecule has 1 amide bonds. The first kappa shape index (κ1) is 17.7. The summed E-state index contributed by atoms with van der Waals surface area (Å²) in [4.78, 5) is 21.2. The summed E-state index contributed by atoms with van der Waals surface area (Å²) in [5.41, 5.74) is 0.371. The number of hydrogen-bond donors (Lipinski definition) is 1. The zero-order chi connectivity index (χ0) is 17.0. The Kier molecular flexibility index (Phi) is 5.96. The van der Waals surface area contributed by atoms with Crippen LogP contribution in [0.3, 0.4) is 0 Å². The Morgan fingerprint density at radius 2 is 2.04 bits per heavy atom. The van der Waals surface area contributed by atoms with E-state index in [0.29, 0.717) is 31.1 Å². The normalized spacial score (nSPS) is 22.4. The lowest BCUT2D eigenvalue weighted by Gasteiger charge is -2.44. The fourth-order valence-corrected chi connectivity index (χ4v) is 3.13. The Labute approximate surface area is 138 Å². The van der Waals surface area contributed by atoms with E-state index < -0.39 is 0 Å². The molecule has 0 saturated carbocycles. The second-order valence-electron chi connectivity index (χ2n) is 6.39. The Hall–Kier alpha value is -1.66. The quantitative estimate of drug-likeness (QED) is 0.888. The molecule has 6 heteroatoms. The molecule has 0 bridgehead atoms. The number of piperazine rings is 1. The van der Waals surface area contributed by atoms with Crippen LogP contribution in [0.4, 0.5) is 0 Å². The standard InChI is InChI=1S/C17H27N3O3/c1-12(2)23-15-6-5-7-18-16(15)17(22)19-10-13(3)20(8-9-21)14(4)11-19/h5-7,12-14,21H,8-11H2,1-4H3/t13-,14+. The van der Waals surface area contributed by atoms with E-state index in [4.69, 9.17) is 4.74 Å². The summed E-state index contributed by atoms with van der Waals surface area (Å²) >= 11 is 0. The van der Waals surface area contributed by atoms with Crippen LogP contribution in [0.15, 0.2) is 18.3 Å². The Morgan fingerprint density at radius 3 is 2.61 bits per heavy atom. The zero-order valence-corrected chi connectivity index (χ0v) is 14.4. The minimum atomic E-state index is -0.0939. The van der Waals surface area contributed by atoms with Gasteiger partial charge in [-0.1, -0.05) is 0 Å². The average molecular weight is 321 g/mol. The third kappa shape index (κ3) is 4.20. The highest BCUT2D eigenvalue weighted by molar-refractivity contribution is 5.95. The van der Waals surface area contributed by atoms with Gasteiger partial charge in [-0.15, -0.1) is 0 Å². The van der Waals surface area contributed by atoms with Gasteiger partial charge in [-0.2, -0.15) is 0 Å². The predicted molar refractivity (Wildman–Crippen MR) is 88.6 cm³/mol. The molecule has 1 aromatic rings. The van der Waals surface area contributed by atoms with Crippen LogP contribution in [0, 0.1) is 0 Å². The van der Waals surface area contributed by atoms with Crippen molar-refractivity contribution in [3.05, 3.63) is 24.0 Å². The first-order valence-electron chi connectivity index (χ1n) is 8.21. The highest BCUT2D eigenvalue weighted by atomic mass is 16.5. The number of ether oxygens (including phenoxy) is 1. The summed E-state index contributed by atoms with van der Waals surface area (Å²) in [5.74, 6) is 0.439. The van der Waals surface area contributed by atoms with Crippen LogP contribution in [0.2, 0.25) is 0 Å². The topological polar surface area (TPSA) is 65.9 Å². The summed E-state index contributed by atoms with van der Waals surface area (Å²) in [6, 6.07) is 3.97. The molecule has 0 aromatic carbocycles. The predicted octanol–water partition coefficient (Wildman–Crippen LogP) is 1.40. The summed E-state index contributed by atoms with van der Waals surface area (Å²) in [6.45, 7) is 10.0. The maximum Gasteiger partial charge on any atom is 0.276 e. The molecule has 1 saturated heterocycles. The van der Waals surface area contributed by atoms with Gasteiger partial charge < -0.3 is 14.7 Å². The molecule has 1 aliphatic heterocycles. The Balaban J connectivity index is 2.15. The van der Waals surface area contributed by atoms with Crippen molar-refractivity contribution in [2.75, 3.05) is 26.2 Å². The van der Waals surface area contributed by atoms with Gasteiger partial charge in [-0.25, -0.2) is 4.98 Å². The lowest BCUT2D eigenvalue weighted by atomic mass is 10.1. The first-order valence-corrected chi connectivity index (χ1v) is 8.21. The smallest absolute Gasteiger partial charge is 0.276 e. The van der Waals surface area contributed by atoms with E-state index in [0.717, 1.165) is 0 Å². The van der Waals surface area contributed by atoms with Crippen LogP contribution < -0.4 is 4.74 Å². The molecule has 1 fully saturated rings. The molecule has 2 atom stereocenters. The van der Waals surface area contributed by atoms with Crippen molar-refractivity contribution >= 4 is 5.91 Å². The number of carbonyl (C=O) groups excluding carboxylic acids is 1. The van der Waals surface area contributed by atoms with Crippen LogP contribution in [0.5, 0.6) is 5.75 Å². The summed E-state index contributed by atoms with van der Waals surface area (Å²) in [7, 11) is 0. The number of aliphatic hydroxyl groups excluding tert-OH is 1. The number of aromatic nitrogens is 1. The van der Waals surface area contributed by atoms with Crippen LogP contribution >= 0.6 is 0 Å². The molecule has 0 unspecified atom stereocenters. The van der Waals surface area contributed by atoms with Crippen LogP contribution in [-0.2, 0) is 0 Å². The number of aliphatic hydroxyl groups is 1. The largest absolute Gasteiger partial charge is 0.489 e. The van der Waals surface area contributed by atoms with Crippen molar-refractivity contribution in [3.63, 3.8) is 0 Å². The van der Waals surface area contributed by atoms with Crippen LogP contribution in [0.1, 0.15) is 38.2 Å². The molecule has 23 heavy (non-hydrogen) atoms. The third-order valence-electron chi connectivity index (χ3n) is 4.08. The van der Waals surface area contributed by atoms with Crippen molar-refractivity contribution in [2.24, 2.45) is 0 Å². The molecule has 6 nitrogen and oxygen atoms in total. The number of hydrogen-bond acceptors (Lipinski definition) is 5. The Bertz CT molecular complexity index is 524. The molecule has 2 rings (SSSR count). The average Bonchev–Trinajstić information content (AvgIpc) is 2.50. The minimum Gasteiger partial charge on any atom is -0.489 e. The van der Waals surface area contributed by atoms with E-state index in [9.17, 15) is 9.90 Å². The molecular weight excluding hydrogens is 294 g/mol. The number of pyridine rings is 1. The summed E-state index contributed by atoms with van der Waals surface area (Å²) < 4.78 is 5.72. The number of carbonyl (C=O) groups is 1. The maximum atomic E-state index is 12.9. The van der Waals surface area contributed by atoms with Gasteiger partial charge in [0, 0.05) is 37.9 Å². The molecule has 1 aromatic heterocycles. The number of rotatable bonds is 5. The van der Waals surface area contributed by atoms with E-state index in [1.807, 2.05) is 18.7 Å². The first-order chi connectivity index (χ1) is 10.9. The van der Waals surface area contributed by atoms with Gasteiger partial charge >= 0.3 is 0 Å². The number of nitrogens with zero attached hydrogens (tertiary/aromatic N) is 3. The fourth-order valence-electron chi connectivity index (χ4n) is 3.13. The highest BCUT2D eigenvalue weighted by Crippen LogP contribution is 2.22. The van der Waals surface area contributed by atoms with Crippen molar-refractivity contribution in [1.29, 1.82) is 0 Å². The second-order valence-corrected chi connectivity index (χ2v) is 6.39. The highest BCUT2D eigenvalue weighted by Gasteiger charge is 2.33.